The molecule has 0 saturated carbocycles. The highest BCUT2D eigenvalue weighted by molar-refractivity contribution is 7.89. The summed E-state index contributed by atoms with van der Waals surface area (Å²) in [7, 11) is 0.0946. The molecule has 0 aliphatic carbocycles. The van der Waals surface area contributed by atoms with Gasteiger partial charge in [-0.25, -0.2) is 12.8 Å². The summed E-state index contributed by atoms with van der Waals surface area (Å²) < 4.78 is 36.8. The predicted octanol–water partition coefficient (Wildman–Crippen LogP) is -0.00350. The standard InChI is InChI=1S/C18H22FN3O4S/c1-22(2)12-15-6-4-3-5-14(15)11-20-18(23)13-26-21-27(24,25)17-9-7-16(19)8-10-17/h3-10,21H,11-13H2,1-2H3,(H,20,23)/p+1. The van der Waals surface area contributed by atoms with Crippen molar-refractivity contribution >= 4 is 15.9 Å². The number of rotatable bonds is 9. The lowest BCUT2D eigenvalue weighted by Gasteiger charge is -2.13. The van der Waals surface area contributed by atoms with Crippen molar-refractivity contribution in [3.63, 3.8) is 0 Å². The molecule has 0 fully saturated rings. The molecule has 0 aromatic heterocycles. The Hall–Kier alpha value is -2.33. The second kappa shape index (κ2) is 9.56. The van der Waals surface area contributed by atoms with Crippen LogP contribution in [0.3, 0.4) is 0 Å². The summed E-state index contributed by atoms with van der Waals surface area (Å²) in [6, 6.07) is 12.0. The molecule has 0 aliphatic rings. The van der Waals surface area contributed by atoms with Crippen LogP contribution < -0.4 is 15.1 Å². The third-order valence-electron chi connectivity index (χ3n) is 3.63. The average Bonchev–Trinajstić information content (AvgIpc) is 2.61. The second-order valence-electron chi connectivity index (χ2n) is 6.26. The Morgan fingerprint density at radius 3 is 2.33 bits per heavy atom. The van der Waals surface area contributed by atoms with E-state index in [0.29, 0.717) is 6.54 Å². The van der Waals surface area contributed by atoms with E-state index < -0.39 is 28.4 Å². The van der Waals surface area contributed by atoms with Crippen LogP contribution in [0.2, 0.25) is 0 Å². The summed E-state index contributed by atoms with van der Waals surface area (Å²) in [6.07, 6.45) is 0. The number of halogens is 1. The Balaban J connectivity index is 1.82. The van der Waals surface area contributed by atoms with Crippen LogP contribution in [0.25, 0.3) is 0 Å². The van der Waals surface area contributed by atoms with Gasteiger partial charge in [0.15, 0.2) is 0 Å². The lowest BCUT2D eigenvalue weighted by molar-refractivity contribution is -0.872. The first-order valence-electron chi connectivity index (χ1n) is 8.29. The molecule has 0 bridgehead atoms. The maximum absolute atomic E-state index is 12.9. The number of quaternary nitrogens is 1. The van der Waals surface area contributed by atoms with Crippen molar-refractivity contribution in [2.24, 2.45) is 0 Å². The number of benzene rings is 2. The van der Waals surface area contributed by atoms with E-state index >= 15 is 0 Å². The molecule has 0 atom stereocenters. The van der Waals surface area contributed by atoms with Gasteiger partial charge in [-0.1, -0.05) is 29.2 Å². The molecule has 3 N–H and O–H groups in total. The number of hydrogen-bond acceptors (Lipinski definition) is 4. The minimum Gasteiger partial charge on any atom is -0.350 e. The number of amides is 1. The Morgan fingerprint density at radius 1 is 1.07 bits per heavy atom. The van der Waals surface area contributed by atoms with Crippen molar-refractivity contribution in [3.8, 4) is 0 Å². The maximum Gasteiger partial charge on any atom is 0.262 e. The fourth-order valence-corrected chi connectivity index (χ4v) is 3.17. The molecule has 9 heteroatoms. The largest absolute Gasteiger partial charge is 0.350 e. The summed E-state index contributed by atoms with van der Waals surface area (Å²) in [5.41, 5.74) is 2.11. The molecule has 2 aromatic carbocycles. The SMILES string of the molecule is C[NH+](C)Cc1ccccc1CNC(=O)CONS(=O)(=O)c1ccc(F)cc1. The van der Waals surface area contributed by atoms with Gasteiger partial charge in [0.25, 0.3) is 10.0 Å². The average molecular weight is 396 g/mol. The van der Waals surface area contributed by atoms with E-state index in [4.69, 9.17) is 4.84 Å². The van der Waals surface area contributed by atoms with E-state index in [1.54, 1.807) is 0 Å². The lowest BCUT2D eigenvalue weighted by atomic mass is 10.1. The van der Waals surface area contributed by atoms with Crippen molar-refractivity contribution in [1.29, 1.82) is 0 Å². The van der Waals surface area contributed by atoms with Crippen molar-refractivity contribution in [2.45, 2.75) is 18.0 Å². The molecule has 7 nitrogen and oxygen atoms in total. The van der Waals surface area contributed by atoms with Gasteiger partial charge in [0.2, 0.25) is 5.91 Å². The van der Waals surface area contributed by atoms with Crippen molar-refractivity contribution in [3.05, 3.63) is 65.5 Å². The van der Waals surface area contributed by atoms with Gasteiger partial charge in [0.1, 0.15) is 19.0 Å². The molecule has 27 heavy (non-hydrogen) atoms. The highest BCUT2D eigenvalue weighted by Gasteiger charge is 2.15. The molecule has 0 unspecified atom stereocenters. The van der Waals surface area contributed by atoms with E-state index in [2.05, 4.69) is 5.32 Å². The highest BCUT2D eigenvalue weighted by atomic mass is 32.2. The van der Waals surface area contributed by atoms with Crippen molar-refractivity contribution in [2.75, 3.05) is 20.7 Å². The topological polar surface area (TPSA) is 88.9 Å². The summed E-state index contributed by atoms with van der Waals surface area (Å²) in [5.74, 6) is -1.02. The van der Waals surface area contributed by atoms with Crippen LogP contribution in [-0.4, -0.2) is 35.0 Å². The molecule has 2 rings (SSSR count). The van der Waals surface area contributed by atoms with Gasteiger partial charge >= 0.3 is 0 Å². The monoisotopic (exact) mass is 396 g/mol. The minimum absolute atomic E-state index is 0.163. The zero-order valence-electron chi connectivity index (χ0n) is 15.2. The van der Waals surface area contributed by atoms with Crippen LogP contribution in [0.1, 0.15) is 11.1 Å². The summed E-state index contributed by atoms with van der Waals surface area (Å²) in [4.78, 5) is 19.6. The molecule has 0 heterocycles. The predicted molar refractivity (Wildman–Crippen MR) is 97.5 cm³/mol. The normalized spacial score (nSPS) is 11.6. The lowest BCUT2D eigenvalue weighted by Crippen LogP contribution is -3.04. The van der Waals surface area contributed by atoms with Crippen LogP contribution in [0.5, 0.6) is 0 Å². The summed E-state index contributed by atoms with van der Waals surface area (Å²) >= 11 is 0. The van der Waals surface area contributed by atoms with Crippen LogP contribution in [0.4, 0.5) is 4.39 Å². The number of hydrogen-bond donors (Lipinski definition) is 3. The Bertz CT molecular complexity index is 870. The first kappa shape index (κ1) is 21.0. The van der Waals surface area contributed by atoms with Crippen LogP contribution in [0, 0.1) is 5.82 Å². The van der Waals surface area contributed by atoms with E-state index in [0.717, 1.165) is 41.9 Å². The van der Waals surface area contributed by atoms with Crippen LogP contribution in [-0.2, 0) is 32.7 Å². The third kappa shape index (κ3) is 6.72. The molecule has 0 aliphatic heterocycles. The number of carbonyl (C=O) groups is 1. The zero-order chi connectivity index (χ0) is 19.9. The fourth-order valence-electron chi connectivity index (χ4n) is 2.36. The molecule has 0 saturated heterocycles. The van der Waals surface area contributed by atoms with E-state index in [1.165, 1.54) is 4.90 Å². The molecule has 146 valence electrons. The molecular formula is C18H23FN3O4S+. The fraction of sp³-hybridized carbons (Fsp3) is 0.278. The zero-order valence-corrected chi connectivity index (χ0v) is 16.0. The van der Waals surface area contributed by atoms with Gasteiger partial charge in [-0.05, 0) is 29.8 Å². The Kier molecular flexibility index (Phi) is 7.43. The second-order valence-corrected chi connectivity index (χ2v) is 7.90. The molecule has 0 spiro atoms. The smallest absolute Gasteiger partial charge is 0.262 e. The number of nitrogens with one attached hydrogen (secondary N) is 3. The number of carbonyl (C=O) groups excluding carboxylic acids is 1. The quantitative estimate of drug-likeness (QED) is 0.521. The van der Waals surface area contributed by atoms with Gasteiger partial charge in [-0.15, -0.1) is 0 Å². The van der Waals surface area contributed by atoms with E-state index in [9.17, 15) is 17.6 Å². The summed E-state index contributed by atoms with van der Waals surface area (Å²) in [6.45, 7) is 0.651. The molecular weight excluding hydrogens is 373 g/mol. The Labute approximate surface area is 158 Å². The van der Waals surface area contributed by atoms with Gasteiger partial charge in [0, 0.05) is 12.1 Å². The van der Waals surface area contributed by atoms with E-state index in [-0.39, 0.29) is 4.90 Å². The first-order valence-corrected chi connectivity index (χ1v) is 9.78. The van der Waals surface area contributed by atoms with Crippen molar-refractivity contribution in [1.82, 2.24) is 10.2 Å². The Morgan fingerprint density at radius 2 is 1.70 bits per heavy atom. The molecule has 2 aromatic rings. The minimum atomic E-state index is -3.98. The van der Waals surface area contributed by atoms with E-state index in [1.807, 2.05) is 43.2 Å². The molecule has 0 radical (unpaired) electrons. The van der Waals surface area contributed by atoms with Gasteiger partial charge < -0.3 is 10.2 Å². The highest BCUT2D eigenvalue weighted by Crippen LogP contribution is 2.09. The van der Waals surface area contributed by atoms with Crippen LogP contribution >= 0.6 is 0 Å². The van der Waals surface area contributed by atoms with Gasteiger partial charge in [-0.3, -0.25) is 9.63 Å². The summed E-state index contributed by atoms with van der Waals surface area (Å²) in [5, 5.41) is 2.69. The third-order valence-corrected chi connectivity index (χ3v) is 4.86. The van der Waals surface area contributed by atoms with Crippen LogP contribution in [0.15, 0.2) is 53.4 Å². The molecule has 1 amide bonds. The van der Waals surface area contributed by atoms with Gasteiger partial charge in [-0.2, -0.15) is 0 Å². The van der Waals surface area contributed by atoms with Gasteiger partial charge in [0.05, 0.1) is 19.0 Å². The first-order chi connectivity index (χ1) is 12.8. The van der Waals surface area contributed by atoms with Crippen molar-refractivity contribution < 1.29 is 27.3 Å². The number of sulfonamides is 1. The maximum atomic E-state index is 12.9.